The summed E-state index contributed by atoms with van der Waals surface area (Å²) in [6.45, 7) is 6.37. The molecule has 1 aliphatic heterocycles. The molecule has 0 amide bonds. The van der Waals surface area contributed by atoms with Gasteiger partial charge in [0, 0.05) is 31.1 Å². The Balaban J connectivity index is 1.89. The Morgan fingerprint density at radius 2 is 1.79 bits per heavy atom. The van der Waals surface area contributed by atoms with Gasteiger partial charge in [0.2, 0.25) is 0 Å². The molecule has 2 aromatic rings. The van der Waals surface area contributed by atoms with Crippen molar-refractivity contribution in [3.63, 3.8) is 0 Å². The molecular weight excluding hydrogens is 298 g/mol. The summed E-state index contributed by atoms with van der Waals surface area (Å²) in [4.78, 5) is 2.46. The normalized spacial score (nSPS) is 21.3. The summed E-state index contributed by atoms with van der Waals surface area (Å²) in [5, 5.41) is 9.99. The third-order valence-electron chi connectivity index (χ3n) is 4.69. The highest BCUT2D eigenvalue weighted by Crippen LogP contribution is 2.37. The summed E-state index contributed by atoms with van der Waals surface area (Å²) in [6.07, 6.45) is 1.84. The minimum atomic E-state index is 0.0199. The van der Waals surface area contributed by atoms with E-state index in [1.165, 1.54) is 16.7 Å². The van der Waals surface area contributed by atoms with Crippen LogP contribution in [0.25, 0.3) is 0 Å². The van der Waals surface area contributed by atoms with Gasteiger partial charge in [-0.2, -0.15) is 0 Å². The SMILES string of the molecule is CCO/C(O)=C\[C@H]1CN(Cc2ccccc2)[C@@H](C)c2ccccc21. The molecule has 126 valence electrons. The lowest BCUT2D eigenvalue weighted by molar-refractivity contribution is 0.0978. The van der Waals surface area contributed by atoms with E-state index in [0.29, 0.717) is 12.6 Å². The number of fused-ring (bicyclic) bond motifs is 1. The predicted octanol–water partition coefficient (Wildman–Crippen LogP) is 4.78. The van der Waals surface area contributed by atoms with Crippen LogP contribution in [0.3, 0.4) is 0 Å². The zero-order valence-electron chi connectivity index (χ0n) is 14.4. The maximum absolute atomic E-state index is 9.99. The van der Waals surface area contributed by atoms with Crippen molar-refractivity contribution in [3.8, 4) is 0 Å². The summed E-state index contributed by atoms with van der Waals surface area (Å²) in [7, 11) is 0. The van der Waals surface area contributed by atoms with Crippen molar-refractivity contribution >= 4 is 0 Å². The number of benzene rings is 2. The molecule has 2 atom stereocenters. The maximum Gasteiger partial charge on any atom is 0.273 e. The van der Waals surface area contributed by atoms with Crippen molar-refractivity contribution in [1.29, 1.82) is 0 Å². The van der Waals surface area contributed by atoms with Gasteiger partial charge in [-0.3, -0.25) is 4.90 Å². The largest absolute Gasteiger partial charge is 0.481 e. The second-order valence-electron chi connectivity index (χ2n) is 6.26. The molecule has 0 saturated carbocycles. The van der Waals surface area contributed by atoms with E-state index in [9.17, 15) is 5.11 Å². The van der Waals surface area contributed by atoms with Gasteiger partial charge >= 0.3 is 0 Å². The lowest BCUT2D eigenvalue weighted by Gasteiger charge is -2.39. The Labute approximate surface area is 144 Å². The Bertz CT molecular complexity index is 696. The van der Waals surface area contributed by atoms with Gasteiger partial charge in [-0.25, -0.2) is 0 Å². The highest BCUT2D eigenvalue weighted by Gasteiger charge is 2.29. The Hall–Kier alpha value is -2.26. The van der Waals surface area contributed by atoms with E-state index in [0.717, 1.165) is 13.1 Å². The summed E-state index contributed by atoms with van der Waals surface area (Å²) >= 11 is 0. The number of aliphatic hydroxyl groups is 1. The number of rotatable bonds is 5. The Morgan fingerprint density at radius 1 is 1.12 bits per heavy atom. The smallest absolute Gasteiger partial charge is 0.273 e. The average Bonchev–Trinajstić information content (AvgIpc) is 2.60. The van der Waals surface area contributed by atoms with E-state index in [2.05, 4.69) is 60.4 Å². The van der Waals surface area contributed by atoms with Gasteiger partial charge in [-0.15, -0.1) is 0 Å². The third-order valence-corrected chi connectivity index (χ3v) is 4.69. The zero-order valence-corrected chi connectivity index (χ0v) is 14.4. The van der Waals surface area contributed by atoms with Crippen LogP contribution in [0.2, 0.25) is 0 Å². The summed E-state index contributed by atoms with van der Waals surface area (Å²) in [6, 6.07) is 19.4. The highest BCUT2D eigenvalue weighted by molar-refractivity contribution is 5.38. The van der Waals surface area contributed by atoms with Crippen LogP contribution in [0.1, 0.15) is 42.5 Å². The third kappa shape index (κ3) is 3.62. The van der Waals surface area contributed by atoms with E-state index in [-0.39, 0.29) is 11.9 Å². The first kappa shape index (κ1) is 16.6. The first-order valence-corrected chi connectivity index (χ1v) is 8.59. The van der Waals surface area contributed by atoms with Crippen LogP contribution < -0.4 is 0 Å². The van der Waals surface area contributed by atoms with Crippen molar-refractivity contribution in [2.75, 3.05) is 13.2 Å². The van der Waals surface area contributed by atoms with Gasteiger partial charge in [-0.05, 0) is 30.5 Å². The van der Waals surface area contributed by atoms with E-state index in [4.69, 9.17) is 4.74 Å². The summed E-state index contributed by atoms with van der Waals surface area (Å²) in [5.74, 6) is 0.152. The first-order chi connectivity index (χ1) is 11.7. The van der Waals surface area contributed by atoms with E-state index >= 15 is 0 Å². The minimum Gasteiger partial charge on any atom is -0.481 e. The van der Waals surface area contributed by atoms with E-state index in [1.807, 2.05) is 19.1 Å². The van der Waals surface area contributed by atoms with Gasteiger partial charge in [0.25, 0.3) is 5.95 Å². The highest BCUT2D eigenvalue weighted by atomic mass is 16.6. The minimum absolute atomic E-state index is 0.0199. The predicted molar refractivity (Wildman–Crippen MR) is 96.8 cm³/mol. The number of nitrogens with zero attached hydrogens (tertiary/aromatic N) is 1. The molecule has 0 aromatic heterocycles. The Kier molecular flexibility index (Phi) is 5.21. The topological polar surface area (TPSA) is 32.7 Å². The molecule has 0 bridgehead atoms. The Morgan fingerprint density at radius 3 is 2.50 bits per heavy atom. The molecule has 0 unspecified atom stereocenters. The first-order valence-electron chi connectivity index (χ1n) is 8.59. The quantitative estimate of drug-likeness (QED) is 0.804. The average molecular weight is 323 g/mol. The molecule has 2 aromatic carbocycles. The van der Waals surface area contributed by atoms with Gasteiger partial charge < -0.3 is 9.84 Å². The monoisotopic (exact) mass is 323 g/mol. The van der Waals surface area contributed by atoms with Crippen molar-refractivity contribution in [2.45, 2.75) is 32.4 Å². The fourth-order valence-electron chi connectivity index (χ4n) is 3.46. The molecule has 1 N–H and O–H groups in total. The van der Waals surface area contributed by atoms with Crippen LogP contribution in [-0.4, -0.2) is 23.2 Å². The van der Waals surface area contributed by atoms with Crippen molar-refractivity contribution in [1.82, 2.24) is 4.90 Å². The van der Waals surface area contributed by atoms with Gasteiger partial charge in [0.15, 0.2) is 0 Å². The van der Waals surface area contributed by atoms with Gasteiger partial charge in [0.1, 0.15) is 0 Å². The maximum atomic E-state index is 9.99. The molecule has 0 radical (unpaired) electrons. The molecule has 1 aliphatic rings. The van der Waals surface area contributed by atoms with Crippen LogP contribution in [-0.2, 0) is 11.3 Å². The number of hydrogen-bond donors (Lipinski definition) is 1. The van der Waals surface area contributed by atoms with Gasteiger partial charge in [0.05, 0.1) is 6.61 Å². The second kappa shape index (κ2) is 7.54. The standard InChI is InChI=1S/C21H25NO2/c1-3-24-21(23)13-18-15-22(14-17-9-5-4-6-10-17)16(2)19-11-7-8-12-20(18)19/h4-13,16,18,23H,3,14-15H2,1-2H3/b21-13-/t16-,18-/m0/s1. The van der Waals surface area contributed by atoms with Crippen molar-refractivity contribution in [2.24, 2.45) is 0 Å². The lowest BCUT2D eigenvalue weighted by Crippen LogP contribution is -2.35. The molecule has 0 saturated heterocycles. The van der Waals surface area contributed by atoms with Crippen LogP contribution >= 0.6 is 0 Å². The van der Waals surface area contributed by atoms with E-state index < -0.39 is 0 Å². The number of aliphatic hydroxyl groups excluding tert-OH is 1. The van der Waals surface area contributed by atoms with Crippen LogP contribution in [0, 0.1) is 0 Å². The van der Waals surface area contributed by atoms with Crippen molar-refractivity contribution in [3.05, 3.63) is 83.3 Å². The van der Waals surface area contributed by atoms with E-state index in [1.54, 1.807) is 0 Å². The fourth-order valence-corrected chi connectivity index (χ4v) is 3.46. The number of ether oxygens (including phenoxy) is 1. The molecule has 0 aliphatic carbocycles. The van der Waals surface area contributed by atoms with Crippen LogP contribution in [0.15, 0.2) is 66.6 Å². The van der Waals surface area contributed by atoms with Gasteiger partial charge in [-0.1, -0.05) is 54.6 Å². The molecule has 0 spiro atoms. The van der Waals surface area contributed by atoms with Crippen molar-refractivity contribution < 1.29 is 9.84 Å². The molecule has 1 heterocycles. The lowest BCUT2D eigenvalue weighted by atomic mass is 9.85. The summed E-state index contributed by atoms with van der Waals surface area (Å²) < 4.78 is 5.24. The zero-order chi connectivity index (χ0) is 16.9. The molecule has 3 nitrogen and oxygen atoms in total. The number of hydrogen-bond acceptors (Lipinski definition) is 3. The molecule has 0 fully saturated rings. The summed E-state index contributed by atoms with van der Waals surface area (Å²) in [5.41, 5.74) is 3.91. The molecule has 3 rings (SSSR count). The molecule has 24 heavy (non-hydrogen) atoms. The molecular formula is C21H25NO2. The van der Waals surface area contributed by atoms with Crippen LogP contribution in [0.5, 0.6) is 0 Å². The fraction of sp³-hybridized carbons (Fsp3) is 0.333. The van der Waals surface area contributed by atoms with Crippen LogP contribution in [0.4, 0.5) is 0 Å². The second-order valence-corrected chi connectivity index (χ2v) is 6.26. The molecule has 3 heteroatoms.